The largest absolute Gasteiger partial charge is 0.444 e. The molecule has 0 saturated heterocycles. The highest BCUT2D eigenvalue weighted by Gasteiger charge is 2.19. The van der Waals surface area contributed by atoms with Crippen LogP contribution in [0.4, 0.5) is 21.0 Å². The minimum Gasteiger partial charge on any atom is -0.444 e. The van der Waals surface area contributed by atoms with Crippen molar-refractivity contribution in [3.05, 3.63) is 77.8 Å². The maximum atomic E-state index is 13.0. The molecular formula is C30H42N6O4. The standard InChI is InChI=1S/C30H42N6O4/c1-8-13-23(9-2)32-28(38)36(19-12-18-35(6)7)21-22-16-17-26(31-20-22)27(37)33-24-14-10-11-15-25(24)34-29(39)40-30(3,4)5/h8-11,13-17,20H,12,18-19,21H2,1-7H3,(H,32,38)(H,33,37)(H,34,39)/b13-8-,23-9+. The van der Waals surface area contributed by atoms with E-state index in [9.17, 15) is 14.4 Å². The van der Waals surface area contributed by atoms with Crippen molar-refractivity contribution in [1.82, 2.24) is 20.1 Å². The summed E-state index contributed by atoms with van der Waals surface area (Å²) in [5.74, 6) is -0.436. The Kier molecular flexibility index (Phi) is 12.3. The van der Waals surface area contributed by atoms with Crippen molar-refractivity contribution in [2.24, 2.45) is 0 Å². The molecule has 40 heavy (non-hydrogen) atoms. The molecule has 10 nitrogen and oxygen atoms in total. The summed E-state index contributed by atoms with van der Waals surface area (Å²) in [7, 11) is 3.99. The molecule has 0 atom stereocenters. The summed E-state index contributed by atoms with van der Waals surface area (Å²) in [5, 5.41) is 8.39. The second-order valence-corrected chi connectivity index (χ2v) is 10.4. The van der Waals surface area contributed by atoms with Gasteiger partial charge in [0.15, 0.2) is 0 Å². The van der Waals surface area contributed by atoms with Crippen LogP contribution in [0.5, 0.6) is 0 Å². The number of aromatic nitrogens is 1. The average molecular weight is 551 g/mol. The molecule has 0 fully saturated rings. The molecule has 2 rings (SSSR count). The maximum Gasteiger partial charge on any atom is 0.412 e. The van der Waals surface area contributed by atoms with Gasteiger partial charge in [0.05, 0.1) is 11.4 Å². The van der Waals surface area contributed by atoms with Crippen LogP contribution >= 0.6 is 0 Å². The Hall–Kier alpha value is -4.18. The van der Waals surface area contributed by atoms with Gasteiger partial charge in [-0.25, -0.2) is 9.59 Å². The Balaban J connectivity index is 2.11. The lowest BCUT2D eigenvalue weighted by molar-refractivity contribution is 0.0635. The zero-order chi connectivity index (χ0) is 29.7. The number of carbonyl (C=O) groups is 3. The van der Waals surface area contributed by atoms with E-state index in [0.29, 0.717) is 24.5 Å². The Bertz CT molecular complexity index is 1200. The van der Waals surface area contributed by atoms with Gasteiger partial charge in [0.1, 0.15) is 11.3 Å². The van der Waals surface area contributed by atoms with Gasteiger partial charge >= 0.3 is 12.1 Å². The zero-order valence-electron chi connectivity index (χ0n) is 24.6. The molecule has 0 aliphatic carbocycles. The third-order valence-electron chi connectivity index (χ3n) is 5.47. The molecule has 216 valence electrons. The average Bonchev–Trinajstić information content (AvgIpc) is 2.88. The normalized spacial score (nSPS) is 11.8. The van der Waals surface area contributed by atoms with Gasteiger partial charge in [-0.1, -0.05) is 30.4 Å². The van der Waals surface area contributed by atoms with Crippen LogP contribution in [0.2, 0.25) is 0 Å². The molecule has 0 radical (unpaired) electrons. The van der Waals surface area contributed by atoms with Crippen LogP contribution in [0.1, 0.15) is 57.1 Å². The van der Waals surface area contributed by atoms with Crippen LogP contribution < -0.4 is 16.0 Å². The van der Waals surface area contributed by atoms with Crippen molar-refractivity contribution in [3.8, 4) is 0 Å². The molecule has 0 saturated carbocycles. The fraction of sp³-hybridized carbons (Fsp3) is 0.400. The van der Waals surface area contributed by atoms with Crippen LogP contribution in [0, 0.1) is 0 Å². The first kappa shape index (κ1) is 32.0. The lowest BCUT2D eigenvalue weighted by Crippen LogP contribution is -2.40. The first-order chi connectivity index (χ1) is 18.9. The number of hydrogen-bond donors (Lipinski definition) is 3. The monoisotopic (exact) mass is 550 g/mol. The molecule has 0 spiro atoms. The van der Waals surface area contributed by atoms with Crippen LogP contribution in [-0.4, -0.2) is 65.6 Å². The first-order valence-corrected chi connectivity index (χ1v) is 13.3. The second-order valence-electron chi connectivity index (χ2n) is 10.4. The molecule has 3 N–H and O–H groups in total. The van der Waals surface area contributed by atoms with E-state index in [1.54, 1.807) is 68.3 Å². The number of rotatable bonds is 11. The predicted octanol–water partition coefficient (Wildman–Crippen LogP) is 5.62. The van der Waals surface area contributed by atoms with E-state index in [-0.39, 0.29) is 11.7 Å². The molecule has 10 heteroatoms. The summed E-state index contributed by atoms with van der Waals surface area (Å²) in [6.45, 7) is 10.8. The molecule has 1 aromatic carbocycles. The third kappa shape index (κ3) is 11.3. The zero-order valence-corrected chi connectivity index (χ0v) is 24.6. The van der Waals surface area contributed by atoms with Crippen LogP contribution in [0.15, 0.2) is 66.5 Å². The fourth-order valence-electron chi connectivity index (χ4n) is 3.60. The highest BCUT2D eigenvalue weighted by molar-refractivity contribution is 6.05. The summed E-state index contributed by atoms with van der Waals surface area (Å²) in [6.07, 6.45) is 7.32. The second kappa shape index (κ2) is 15.4. The fourth-order valence-corrected chi connectivity index (χ4v) is 3.60. The minimum absolute atomic E-state index is 0.198. The van der Waals surface area contributed by atoms with Gasteiger partial charge in [-0.3, -0.25) is 15.1 Å². The van der Waals surface area contributed by atoms with Crippen molar-refractivity contribution in [3.63, 3.8) is 0 Å². The SMILES string of the molecule is C/C=C\C(=C/C)NC(=O)N(CCCN(C)C)Cc1ccc(C(=O)Nc2ccccc2NC(=O)OC(C)(C)C)nc1. The number of carbonyl (C=O) groups excluding carboxylic acids is 3. The number of amides is 4. The van der Waals surface area contributed by atoms with Gasteiger partial charge in [0.2, 0.25) is 0 Å². The molecule has 4 amide bonds. The summed E-state index contributed by atoms with van der Waals surface area (Å²) in [4.78, 5) is 46.3. The number of allylic oxidation sites excluding steroid dienone is 3. The van der Waals surface area contributed by atoms with Gasteiger partial charge in [-0.05, 0) is 91.5 Å². The predicted molar refractivity (Wildman–Crippen MR) is 159 cm³/mol. The minimum atomic E-state index is -0.655. The molecule has 0 aliphatic rings. The maximum absolute atomic E-state index is 13.0. The molecule has 0 aliphatic heterocycles. The molecule has 2 aromatic rings. The lowest BCUT2D eigenvalue weighted by Gasteiger charge is -2.24. The number of pyridine rings is 1. The van der Waals surface area contributed by atoms with Crippen molar-refractivity contribution < 1.29 is 19.1 Å². The van der Waals surface area contributed by atoms with Gasteiger partial charge in [0.25, 0.3) is 5.91 Å². The van der Waals surface area contributed by atoms with Gasteiger partial charge in [-0.2, -0.15) is 0 Å². The van der Waals surface area contributed by atoms with E-state index in [1.165, 1.54) is 0 Å². The highest BCUT2D eigenvalue weighted by Crippen LogP contribution is 2.22. The van der Waals surface area contributed by atoms with Crippen molar-refractivity contribution in [1.29, 1.82) is 0 Å². The van der Waals surface area contributed by atoms with Crippen LogP contribution in [-0.2, 0) is 11.3 Å². The number of hydrogen-bond acceptors (Lipinski definition) is 6. The molecular weight excluding hydrogens is 508 g/mol. The summed E-state index contributed by atoms with van der Waals surface area (Å²) < 4.78 is 5.31. The van der Waals surface area contributed by atoms with Crippen LogP contribution in [0.25, 0.3) is 0 Å². The van der Waals surface area contributed by atoms with Gasteiger partial charge < -0.3 is 25.2 Å². The number of para-hydroxylation sites is 2. The molecule has 0 unspecified atom stereocenters. The number of anilines is 2. The summed E-state index contributed by atoms with van der Waals surface area (Å²) in [5.41, 5.74) is 1.86. The number of urea groups is 1. The Morgan fingerprint density at radius 2 is 1.65 bits per heavy atom. The van der Waals surface area contributed by atoms with E-state index in [1.807, 2.05) is 46.2 Å². The van der Waals surface area contributed by atoms with E-state index >= 15 is 0 Å². The van der Waals surface area contributed by atoms with E-state index in [2.05, 4.69) is 25.8 Å². The van der Waals surface area contributed by atoms with E-state index < -0.39 is 17.6 Å². The first-order valence-electron chi connectivity index (χ1n) is 13.3. The number of ether oxygens (including phenoxy) is 1. The summed E-state index contributed by atoms with van der Waals surface area (Å²) in [6, 6.07) is 10.0. The summed E-state index contributed by atoms with van der Waals surface area (Å²) >= 11 is 0. The third-order valence-corrected chi connectivity index (χ3v) is 5.47. The quantitative estimate of drug-likeness (QED) is 0.313. The number of benzene rings is 1. The van der Waals surface area contributed by atoms with Gasteiger partial charge in [0, 0.05) is 25.0 Å². The molecule has 1 aromatic heterocycles. The number of nitrogens with one attached hydrogen (secondary N) is 3. The highest BCUT2D eigenvalue weighted by atomic mass is 16.6. The van der Waals surface area contributed by atoms with Crippen molar-refractivity contribution >= 4 is 29.4 Å². The lowest BCUT2D eigenvalue weighted by atomic mass is 10.2. The smallest absolute Gasteiger partial charge is 0.412 e. The van der Waals surface area contributed by atoms with Crippen molar-refractivity contribution in [2.75, 3.05) is 37.8 Å². The van der Waals surface area contributed by atoms with E-state index in [0.717, 1.165) is 24.2 Å². The topological polar surface area (TPSA) is 116 Å². The van der Waals surface area contributed by atoms with Crippen molar-refractivity contribution in [2.45, 2.75) is 53.2 Å². The molecule has 1 heterocycles. The van der Waals surface area contributed by atoms with E-state index in [4.69, 9.17) is 4.74 Å². The Morgan fingerprint density at radius 1 is 0.975 bits per heavy atom. The Labute approximate surface area is 237 Å². The number of nitrogens with zero attached hydrogens (tertiary/aromatic N) is 3. The van der Waals surface area contributed by atoms with Crippen LogP contribution in [0.3, 0.4) is 0 Å². The van der Waals surface area contributed by atoms with Gasteiger partial charge in [-0.15, -0.1) is 0 Å². The Morgan fingerprint density at radius 3 is 2.20 bits per heavy atom. The molecule has 0 bridgehead atoms.